The van der Waals surface area contributed by atoms with Crippen molar-refractivity contribution in [3.8, 4) is 0 Å². The van der Waals surface area contributed by atoms with Crippen LogP contribution in [-0.4, -0.2) is 30.4 Å². The van der Waals surface area contributed by atoms with Gasteiger partial charge in [0.25, 0.3) is 0 Å². The summed E-state index contributed by atoms with van der Waals surface area (Å²) in [5, 5.41) is 15.4. The van der Waals surface area contributed by atoms with Crippen molar-refractivity contribution in [3.63, 3.8) is 0 Å². The van der Waals surface area contributed by atoms with Gasteiger partial charge in [0.15, 0.2) is 0 Å². The summed E-state index contributed by atoms with van der Waals surface area (Å²) in [6.07, 6.45) is 1.14. The third-order valence-electron chi connectivity index (χ3n) is 3.76. The molecule has 1 rings (SSSR count). The molecule has 0 unspecified atom stereocenters. The van der Waals surface area contributed by atoms with E-state index in [0.717, 1.165) is 5.56 Å². The zero-order chi connectivity index (χ0) is 16.6. The van der Waals surface area contributed by atoms with E-state index in [-0.39, 0.29) is 31.5 Å². The lowest BCUT2D eigenvalue weighted by Crippen LogP contribution is -2.45. The number of methoxy groups -OCH3 is 1. The van der Waals surface area contributed by atoms with Crippen molar-refractivity contribution < 1.29 is 19.0 Å². The highest BCUT2D eigenvalue weighted by molar-refractivity contribution is 5.73. The largest absolute Gasteiger partial charge is 0.388 e. The highest BCUT2D eigenvalue weighted by Crippen LogP contribution is 2.13. The summed E-state index contributed by atoms with van der Waals surface area (Å²) in [5.41, 5.74) is 0.358. The minimum absolute atomic E-state index is 0.186. The Labute approximate surface area is 130 Å². The highest BCUT2D eigenvalue weighted by atomic mass is 19.1. The molecule has 0 radical (unpaired) electrons. The molecule has 0 heterocycles. The fourth-order valence-corrected chi connectivity index (χ4v) is 1.99. The van der Waals surface area contributed by atoms with Gasteiger partial charge in [-0.15, -0.1) is 0 Å². The van der Waals surface area contributed by atoms with Crippen LogP contribution in [0, 0.1) is 5.82 Å². The maximum Gasteiger partial charge on any atom is 0.315 e. The molecule has 0 atom stereocenters. The summed E-state index contributed by atoms with van der Waals surface area (Å²) in [4.78, 5) is 11.7. The van der Waals surface area contributed by atoms with Crippen molar-refractivity contribution in [3.05, 3.63) is 35.1 Å². The summed E-state index contributed by atoms with van der Waals surface area (Å²) in [7, 11) is 1.50. The second kappa shape index (κ2) is 8.70. The highest BCUT2D eigenvalue weighted by Gasteiger charge is 2.22. The van der Waals surface area contributed by atoms with E-state index in [1.165, 1.54) is 13.2 Å². The lowest BCUT2D eigenvalue weighted by Gasteiger charge is -2.25. The Morgan fingerprint density at radius 3 is 2.59 bits per heavy atom. The Morgan fingerprint density at radius 1 is 1.32 bits per heavy atom. The van der Waals surface area contributed by atoms with Gasteiger partial charge in [-0.2, -0.15) is 0 Å². The normalized spacial score (nSPS) is 11.3. The molecule has 1 aromatic rings. The molecule has 0 aliphatic rings. The average Bonchev–Trinajstić information content (AvgIpc) is 2.53. The van der Waals surface area contributed by atoms with Gasteiger partial charge in [-0.25, -0.2) is 9.18 Å². The minimum Gasteiger partial charge on any atom is -0.388 e. The number of aliphatic hydroxyl groups is 1. The quantitative estimate of drug-likeness (QED) is 0.690. The minimum atomic E-state index is -0.876. The topological polar surface area (TPSA) is 70.6 Å². The van der Waals surface area contributed by atoms with Gasteiger partial charge in [-0.05, 0) is 30.5 Å². The van der Waals surface area contributed by atoms with Gasteiger partial charge in [0.1, 0.15) is 5.82 Å². The Hall–Kier alpha value is -1.66. The molecular weight excluding hydrogens is 287 g/mol. The molecule has 0 aliphatic heterocycles. The molecule has 0 aromatic heterocycles. The molecule has 1 aromatic carbocycles. The number of carbonyl (C=O) groups excluding carboxylic acids is 1. The first-order valence-corrected chi connectivity index (χ1v) is 7.44. The van der Waals surface area contributed by atoms with E-state index >= 15 is 0 Å². The number of halogens is 1. The molecular formula is C16H25FN2O3. The van der Waals surface area contributed by atoms with Crippen LogP contribution in [0.4, 0.5) is 9.18 Å². The van der Waals surface area contributed by atoms with Crippen molar-refractivity contribution in [1.29, 1.82) is 0 Å². The van der Waals surface area contributed by atoms with Gasteiger partial charge >= 0.3 is 6.03 Å². The maximum absolute atomic E-state index is 13.5. The van der Waals surface area contributed by atoms with E-state index < -0.39 is 5.60 Å². The summed E-state index contributed by atoms with van der Waals surface area (Å²) >= 11 is 0. The van der Waals surface area contributed by atoms with Crippen LogP contribution < -0.4 is 10.6 Å². The molecule has 0 spiro atoms. The number of hydrogen-bond donors (Lipinski definition) is 3. The third kappa shape index (κ3) is 5.61. The van der Waals surface area contributed by atoms with Crippen molar-refractivity contribution >= 4 is 6.03 Å². The lowest BCUT2D eigenvalue weighted by molar-refractivity contribution is 0.0349. The number of benzene rings is 1. The number of urea groups is 1. The molecule has 0 fully saturated rings. The zero-order valence-corrected chi connectivity index (χ0v) is 13.4. The van der Waals surface area contributed by atoms with Crippen molar-refractivity contribution in [2.75, 3.05) is 13.7 Å². The molecule has 0 saturated heterocycles. The number of carbonyl (C=O) groups is 1. The van der Waals surface area contributed by atoms with Crippen molar-refractivity contribution in [2.24, 2.45) is 0 Å². The molecule has 0 bridgehead atoms. The zero-order valence-electron chi connectivity index (χ0n) is 13.4. The average molecular weight is 312 g/mol. The van der Waals surface area contributed by atoms with Gasteiger partial charge < -0.3 is 20.5 Å². The SMILES string of the molecule is CCC(O)(CC)CNC(=O)NCc1ccc(F)c(COC)c1. The molecule has 0 saturated carbocycles. The fourth-order valence-electron chi connectivity index (χ4n) is 1.99. The van der Waals surface area contributed by atoms with E-state index in [0.29, 0.717) is 18.4 Å². The van der Waals surface area contributed by atoms with E-state index in [2.05, 4.69) is 10.6 Å². The van der Waals surface area contributed by atoms with Crippen LogP contribution in [0.15, 0.2) is 18.2 Å². The van der Waals surface area contributed by atoms with Gasteiger partial charge in [-0.1, -0.05) is 19.9 Å². The van der Waals surface area contributed by atoms with Gasteiger partial charge in [0.05, 0.1) is 12.2 Å². The molecule has 22 heavy (non-hydrogen) atoms. The van der Waals surface area contributed by atoms with Crippen LogP contribution in [0.25, 0.3) is 0 Å². The first-order chi connectivity index (χ1) is 10.4. The number of nitrogens with one attached hydrogen (secondary N) is 2. The molecule has 2 amide bonds. The monoisotopic (exact) mass is 312 g/mol. The van der Waals surface area contributed by atoms with Gasteiger partial charge in [0, 0.05) is 25.8 Å². The molecule has 6 heteroatoms. The molecule has 3 N–H and O–H groups in total. The van der Waals surface area contributed by atoms with Crippen molar-refractivity contribution in [1.82, 2.24) is 10.6 Å². The predicted molar refractivity (Wildman–Crippen MR) is 82.9 cm³/mol. The Bertz CT molecular complexity index is 490. The van der Waals surface area contributed by atoms with Crippen LogP contribution >= 0.6 is 0 Å². The standard InChI is InChI=1S/C16H25FN2O3/c1-4-16(21,5-2)11-19-15(20)18-9-12-6-7-14(17)13(8-12)10-22-3/h6-8,21H,4-5,9-11H2,1-3H3,(H2,18,19,20). The second-order valence-electron chi connectivity index (χ2n) is 5.33. The number of amides is 2. The van der Waals surface area contributed by atoms with Crippen LogP contribution in [0.3, 0.4) is 0 Å². The molecule has 5 nitrogen and oxygen atoms in total. The first-order valence-electron chi connectivity index (χ1n) is 7.44. The lowest BCUT2D eigenvalue weighted by atomic mass is 9.98. The first kappa shape index (κ1) is 18.4. The Morgan fingerprint density at radius 2 is 2.00 bits per heavy atom. The third-order valence-corrected chi connectivity index (χ3v) is 3.76. The maximum atomic E-state index is 13.5. The molecule has 124 valence electrons. The number of ether oxygens (including phenoxy) is 1. The van der Waals surface area contributed by atoms with Gasteiger partial charge in [0.2, 0.25) is 0 Å². The van der Waals surface area contributed by atoms with E-state index in [1.807, 2.05) is 13.8 Å². The van der Waals surface area contributed by atoms with E-state index in [1.54, 1.807) is 12.1 Å². The van der Waals surface area contributed by atoms with Crippen molar-refractivity contribution in [2.45, 2.75) is 45.4 Å². The number of rotatable bonds is 8. The summed E-state index contributed by atoms with van der Waals surface area (Å²) in [6.45, 7) is 4.41. The predicted octanol–water partition coefficient (Wildman–Crippen LogP) is 2.32. The second-order valence-corrected chi connectivity index (χ2v) is 5.33. The van der Waals surface area contributed by atoms with Gasteiger partial charge in [-0.3, -0.25) is 0 Å². The molecule has 0 aliphatic carbocycles. The van der Waals surface area contributed by atoms with Crippen LogP contribution in [-0.2, 0) is 17.9 Å². The Balaban J connectivity index is 2.49. The number of hydrogen-bond acceptors (Lipinski definition) is 3. The summed E-state index contributed by atoms with van der Waals surface area (Å²) in [6, 6.07) is 4.27. The van der Waals surface area contributed by atoms with Crippen LogP contribution in [0.5, 0.6) is 0 Å². The summed E-state index contributed by atoms with van der Waals surface area (Å²) in [5.74, 6) is -0.328. The summed E-state index contributed by atoms with van der Waals surface area (Å²) < 4.78 is 18.4. The van der Waals surface area contributed by atoms with Crippen LogP contribution in [0.1, 0.15) is 37.8 Å². The Kier molecular flexibility index (Phi) is 7.27. The van der Waals surface area contributed by atoms with E-state index in [9.17, 15) is 14.3 Å². The smallest absolute Gasteiger partial charge is 0.315 e. The fraction of sp³-hybridized carbons (Fsp3) is 0.562. The van der Waals surface area contributed by atoms with Crippen LogP contribution in [0.2, 0.25) is 0 Å². The van der Waals surface area contributed by atoms with E-state index in [4.69, 9.17) is 4.74 Å².